The van der Waals surface area contributed by atoms with Crippen molar-refractivity contribution in [3.05, 3.63) is 83.9 Å². The van der Waals surface area contributed by atoms with Gasteiger partial charge in [-0.1, -0.05) is 48.5 Å². The zero-order valence-electron chi connectivity index (χ0n) is 14.9. The molecule has 0 atom stereocenters. The number of nitriles is 1. The number of hydrogen-bond acceptors (Lipinski definition) is 3. The summed E-state index contributed by atoms with van der Waals surface area (Å²) in [6.45, 7) is 2.09. The van der Waals surface area contributed by atoms with Crippen LogP contribution in [0.1, 0.15) is 22.8 Å². The second kappa shape index (κ2) is 6.93. The summed E-state index contributed by atoms with van der Waals surface area (Å²) in [4.78, 5) is 12.2. The van der Waals surface area contributed by atoms with Crippen LogP contribution in [0.5, 0.6) is 0 Å². The van der Waals surface area contributed by atoms with E-state index in [-0.39, 0.29) is 5.97 Å². The maximum atomic E-state index is 12.2. The fourth-order valence-electron chi connectivity index (χ4n) is 3.49. The summed E-state index contributed by atoms with van der Waals surface area (Å²) < 4.78 is 5.15. The first-order valence-electron chi connectivity index (χ1n) is 8.85. The number of carbonyl (C=O) groups excluding carboxylic acids is 1. The van der Waals surface area contributed by atoms with Crippen molar-refractivity contribution in [1.82, 2.24) is 0 Å². The SMILES string of the molecule is CCOC(=O)c1ccc(C#N)c(-c2c3ccccc3cc3ccccc23)c1. The van der Waals surface area contributed by atoms with E-state index in [2.05, 4.69) is 36.4 Å². The third-order valence-corrected chi connectivity index (χ3v) is 4.69. The number of benzene rings is 4. The summed E-state index contributed by atoms with van der Waals surface area (Å²) in [5.74, 6) is -0.382. The zero-order valence-corrected chi connectivity index (χ0v) is 14.9. The molecule has 0 aliphatic carbocycles. The van der Waals surface area contributed by atoms with E-state index in [9.17, 15) is 10.1 Å². The van der Waals surface area contributed by atoms with Crippen LogP contribution in [0, 0.1) is 11.3 Å². The summed E-state index contributed by atoms with van der Waals surface area (Å²) in [7, 11) is 0. The molecular weight excluding hydrogens is 334 g/mol. The van der Waals surface area contributed by atoms with E-state index in [0.29, 0.717) is 17.7 Å². The summed E-state index contributed by atoms with van der Waals surface area (Å²) in [5, 5.41) is 14.0. The van der Waals surface area contributed by atoms with Crippen LogP contribution in [0.4, 0.5) is 0 Å². The standard InChI is InChI=1S/C24H17NO2/c1-2-27-24(26)18-11-12-19(15-25)22(14-18)23-20-9-5-3-7-16(20)13-17-8-4-6-10-21(17)23/h3-14H,2H2,1H3. The molecule has 0 unspecified atom stereocenters. The van der Waals surface area contributed by atoms with Crippen molar-refractivity contribution in [3.63, 3.8) is 0 Å². The van der Waals surface area contributed by atoms with Gasteiger partial charge in [0.1, 0.15) is 0 Å². The maximum absolute atomic E-state index is 12.2. The van der Waals surface area contributed by atoms with Crippen LogP contribution < -0.4 is 0 Å². The lowest BCUT2D eigenvalue weighted by Crippen LogP contribution is -2.05. The van der Waals surface area contributed by atoms with Crippen molar-refractivity contribution in [2.24, 2.45) is 0 Å². The average molecular weight is 351 g/mol. The summed E-state index contributed by atoms with van der Waals surface area (Å²) in [5.41, 5.74) is 2.69. The van der Waals surface area contributed by atoms with Crippen LogP contribution in [-0.2, 0) is 4.74 Å². The molecule has 0 aromatic heterocycles. The first kappa shape index (κ1) is 16.8. The minimum atomic E-state index is -0.382. The van der Waals surface area contributed by atoms with Crippen LogP contribution in [0.3, 0.4) is 0 Å². The van der Waals surface area contributed by atoms with Gasteiger partial charge in [0.25, 0.3) is 0 Å². The number of carbonyl (C=O) groups is 1. The molecule has 0 saturated heterocycles. The molecule has 4 rings (SSSR count). The lowest BCUT2D eigenvalue weighted by atomic mass is 9.89. The Kier molecular flexibility index (Phi) is 4.32. The van der Waals surface area contributed by atoms with Gasteiger partial charge in [0, 0.05) is 5.56 Å². The van der Waals surface area contributed by atoms with E-state index >= 15 is 0 Å². The Balaban J connectivity index is 2.10. The van der Waals surface area contributed by atoms with Crippen molar-refractivity contribution in [3.8, 4) is 17.2 Å². The zero-order chi connectivity index (χ0) is 18.8. The quantitative estimate of drug-likeness (QED) is 0.351. The predicted octanol–water partition coefficient (Wildman–Crippen LogP) is 5.71. The van der Waals surface area contributed by atoms with Crippen molar-refractivity contribution < 1.29 is 9.53 Å². The Bertz CT molecular complexity index is 1160. The Labute approximate surface area is 157 Å². The number of ether oxygens (including phenoxy) is 1. The Morgan fingerprint density at radius 3 is 2.15 bits per heavy atom. The highest BCUT2D eigenvalue weighted by molar-refractivity contribution is 6.13. The molecule has 0 spiro atoms. The molecule has 4 aromatic carbocycles. The molecule has 0 heterocycles. The smallest absolute Gasteiger partial charge is 0.338 e. The van der Waals surface area contributed by atoms with E-state index in [0.717, 1.165) is 32.7 Å². The van der Waals surface area contributed by atoms with Gasteiger partial charge < -0.3 is 4.74 Å². The van der Waals surface area contributed by atoms with Gasteiger partial charge in [0.05, 0.1) is 23.8 Å². The highest BCUT2D eigenvalue weighted by atomic mass is 16.5. The number of fused-ring (bicyclic) bond motifs is 2. The molecule has 0 N–H and O–H groups in total. The minimum Gasteiger partial charge on any atom is -0.462 e. The van der Waals surface area contributed by atoms with Crippen molar-refractivity contribution in [2.75, 3.05) is 6.61 Å². The largest absolute Gasteiger partial charge is 0.462 e. The van der Waals surface area contributed by atoms with Gasteiger partial charge in [-0.2, -0.15) is 5.26 Å². The molecule has 0 fully saturated rings. The molecule has 0 saturated carbocycles. The predicted molar refractivity (Wildman–Crippen MR) is 108 cm³/mol. The van der Waals surface area contributed by atoms with Crippen LogP contribution in [0.15, 0.2) is 72.8 Å². The third kappa shape index (κ3) is 2.92. The normalized spacial score (nSPS) is 10.7. The maximum Gasteiger partial charge on any atom is 0.338 e. The summed E-state index contributed by atoms with van der Waals surface area (Å²) in [6, 6.07) is 25.7. The van der Waals surface area contributed by atoms with Crippen LogP contribution in [-0.4, -0.2) is 12.6 Å². The molecule has 3 nitrogen and oxygen atoms in total. The highest BCUT2D eigenvalue weighted by Crippen LogP contribution is 2.38. The van der Waals surface area contributed by atoms with Crippen molar-refractivity contribution >= 4 is 27.5 Å². The first-order chi connectivity index (χ1) is 13.2. The van der Waals surface area contributed by atoms with Gasteiger partial charge in [-0.25, -0.2) is 4.79 Å². The lowest BCUT2D eigenvalue weighted by Gasteiger charge is -2.14. The third-order valence-electron chi connectivity index (χ3n) is 4.69. The van der Waals surface area contributed by atoms with E-state index in [4.69, 9.17) is 4.74 Å². The van der Waals surface area contributed by atoms with Crippen LogP contribution in [0.2, 0.25) is 0 Å². The fraction of sp³-hybridized carbons (Fsp3) is 0.0833. The van der Waals surface area contributed by atoms with Gasteiger partial charge in [-0.05, 0) is 58.3 Å². The molecule has 4 aromatic rings. The monoisotopic (exact) mass is 351 g/mol. The summed E-state index contributed by atoms with van der Waals surface area (Å²) >= 11 is 0. The lowest BCUT2D eigenvalue weighted by molar-refractivity contribution is 0.0526. The minimum absolute atomic E-state index is 0.311. The number of rotatable bonds is 3. The van der Waals surface area contributed by atoms with Gasteiger partial charge in [0.15, 0.2) is 0 Å². The van der Waals surface area contributed by atoms with E-state index < -0.39 is 0 Å². The van der Waals surface area contributed by atoms with Gasteiger partial charge in [-0.15, -0.1) is 0 Å². The van der Waals surface area contributed by atoms with Gasteiger partial charge >= 0.3 is 5.97 Å². The Morgan fingerprint density at radius 2 is 1.56 bits per heavy atom. The molecular formula is C24H17NO2. The Morgan fingerprint density at radius 1 is 0.926 bits per heavy atom. The fourth-order valence-corrected chi connectivity index (χ4v) is 3.49. The molecule has 0 aliphatic rings. The highest BCUT2D eigenvalue weighted by Gasteiger charge is 2.16. The van der Waals surface area contributed by atoms with Crippen LogP contribution >= 0.6 is 0 Å². The van der Waals surface area contributed by atoms with Crippen molar-refractivity contribution in [2.45, 2.75) is 6.92 Å². The van der Waals surface area contributed by atoms with Crippen molar-refractivity contribution in [1.29, 1.82) is 5.26 Å². The average Bonchev–Trinajstić information content (AvgIpc) is 2.71. The number of nitrogens with zero attached hydrogens (tertiary/aromatic N) is 1. The molecule has 0 bridgehead atoms. The number of esters is 1. The molecule has 0 aliphatic heterocycles. The Hall–Kier alpha value is -3.64. The number of hydrogen-bond donors (Lipinski definition) is 0. The first-order valence-corrected chi connectivity index (χ1v) is 8.85. The molecule has 130 valence electrons. The molecule has 27 heavy (non-hydrogen) atoms. The second-order valence-electron chi connectivity index (χ2n) is 6.29. The van der Waals surface area contributed by atoms with Gasteiger partial charge in [0.2, 0.25) is 0 Å². The van der Waals surface area contributed by atoms with E-state index in [1.165, 1.54) is 0 Å². The molecule has 0 radical (unpaired) electrons. The summed E-state index contributed by atoms with van der Waals surface area (Å²) in [6.07, 6.45) is 0. The molecule has 0 amide bonds. The topological polar surface area (TPSA) is 50.1 Å². The molecule has 3 heteroatoms. The van der Waals surface area contributed by atoms with Gasteiger partial charge in [-0.3, -0.25) is 0 Å². The van der Waals surface area contributed by atoms with E-state index in [1.54, 1.807) is 25.1 Å². The second-order valence-corrected chi connectivity index (χ2v) is 6.29. The van der Waals surface area contributed by atoms with Crippen LogP contribution in [0.25, 0.3) is 32.7 Å². The van der Waals surface area contributed by atoms with E-state index in [1.807, 2.05) is 24.3 Å².